The van der Waals surface area contributed by atoms with Crippen LogP contribution in [0.25, 0.3) is 0 Å². The predicted molar refractivity (Wildman–Crippen MR) is 51.8 cm³/mol. The highest BCUT2D eigenvalue weighted by molar-refractivity contribution is 6.30. The number of ether oxygens (including phenoxy) is 1. The largest absolute Gasteiger partial charge is 0.494 e. The summed E-state index contributed by atoms with van der Waals surface area (Å²) in [5.74, 6) is -0.416. The molecule has 0 bridgehead atoms. The molecule has 0 saturated heterocycles. The second-order valence-corrected chi connectivity index (χ2v) is 3.03. The molecule has 0 unspecified atom stereocenters. The molecular formula is C9H11ClFNO2. The van der Waals surface area contributed by atoms with Crippen LogP contribution in [0.3, 0.4) is 0 Å². The Morgan fingerprint density at radius 2 is 2.14 bits per heavy atom. The van der Waals surface area contributed by atoms with E-state index in [2.05, 4.69) is 10.3 Å². The van der Waals surface area contributed by atoms with E-state index in [1.54, 1.807) is 6.07 Å². The summed E-state index contributed by atoms with van der Waals surface area (Å²) < 4.78 is 18.0. The average Bonchev–Trinajstić information content (AvgIpc) is 2.19. The van der Waals surface area contributed by atoms with Crippen molar-refractivity contribution < 1.29 is 14.0 Å². The Labute approximate surface area is 86.7 Å². The highest BCUT2D eigenvalue weighted by Gasteiger charge is 2.09. The second-order valence-electron chi connectivity index (χ2n) is 2.62. The molecule has 0 aliphatic carbocycles. The number of hydroxylamine groups is 1. The Kier molecular flexibility index (Phi) is 4.13. The summed E-state index contributed by atoms with van der Waals surface area (Å²) in [4.78, 5) is 4.66. The molecule has 0 heterocycles. The monoisotopic (exact) mass is 219 g/mol. The van der Waals surface area contributed by atoms with E-state index in [-0.39, 0.29) is 10.8 Å². The van der Waals surface area contributed by atoms with Crippen LogP contribution in [0.1, 0.15) is 5.56 Å². The van der Waals surface area contributed by atoms with E-state index in [0.29, 0.717) is 6.54 Å². The highest BCUT2D eigenvalue weighted by Crippen LogP contribution is 2.26. The summed E-state index contributed by atoms with van der Waals surface area (Å²) in [6, 6.07) is 3.08. The van der Waals surface area contributed by atoms with E-state index in [1.807, 2.05) is 0 Å². The Bertz CT molecular complexity index is 320. The first-order valence-electron chi connectivity index (χ1n) is 3.96. The summed E-state index contributed by atoms with van der Waals surface area (Å²) in [5.41, 5.74) is 3.41. The van der Waals surface area contributed by atoms with Crippen LogP contribution >= 0.6 is 11.6 Å². The van der Waals surface area contributed by atoms with Gasteiger partial charge in [0.1, 0.15) is 0 Å². The van der Waals surface area contributed by atoms with Gasteiger partial charge in [-0.15, -0.1) is 0 Å². The van der Waals surface area contributed by atoms with Gasteiger partial charge < -0.3 is 9.57 Å². The third-order valence-corrected chi connectivity index (χ3v) is 1.97. The van der Waals surface area contributed by atoms with Gasteiger partial charge in [-0.2, -0.15) is 5.48 Å². The molecule has 0 radical (unpaired) electrons. The van der Waals surface area contributed by atoms with Crippen LogP contribution in [0, 0.1) is 5.82 Å². The smallest absolute Gasteiger partial charge is 0.183 e. The lowest BCUT2D eigenvalue weighted by molar-refractivity contribution is 0.0866. The zero-order valence-electron chi connectivity index (χ0n) is 7.93. The molecule has 0 aliphatic heterocycles. The van der Waals surface area contributed by atoms with Crippen molar-refractivity contribution in [3.8, 4) is 5.75 Å². The molecule has 78 valence electrons. The first-order valence-corrected chi connectivity index (χ1v) is 4.34. The van der Waals surface area contributed by atoms with Crippen molar-refractivity contribution in [3.63, 3.8) is 0 Å². The highest BCUT2D eigenvalue weighted by atomic mass is 35.5. The third-order valence-electron chi connectivity index (χ3n) is 1.70. The lowest BCUT2D eigenvalue weighted by Gasteiger charge is -2.07. The number of benzene rings is 1. The first kappa shape index (κ1) is 11.2. The molecule has 1 aromatic rings. The minimum Gasteiger partial charge on any atom is -0.494 e. The van der Waals surface area contributed by atoms with Gasteiger partial charge in [-0.25, -0.2) is 4.39 Å². The lowest BCUT2D eigenvalue weighted by atomic mass is 10.2. The van der Waals surface area contributed by atoms with Crippen LogP contribution in [0.2, 0.25) is 5.02 Å². The molecule has 0 fully saturated rings. The maximum atomic E-state index is 13.2. The van der Waals surface area contributed by atoms with Gasteiger partial charge in [-0.05, 0) is 17.7 Å². The maximum absolute atomic E-state index is 13.2. The van der Waals surface area contributed by atoms with Crippen molar-refractivity contribution in [2.75, 3.05) is 14.2 Å². The molecule has 1 aromatic carbocycles. The fourth-order valence-corrected chi connectivity index (χ4v) is 1.26. The van der Waals surface area contributed by atoms with Crippen molar-refractivity contribution in [1.82, 2.24) is 5.48 Å². The quantitative estimate of drug-likeness (QED) is 0.787. The van der Waals surface area contributed by atoms with Gasteiger partial charge in [-0.1, -0.05) is 11.6 Å². The average molecular weight is 220 g/mol. The normalized spacial score (nSPS) is 10.3. The third kappa shape index (κ3) is 2.57. The predicted octanol–water partition coefficient (Wildman–Crippen LogP) is 2.14. The number of rotatable bonds is 4. The molecule has 0 spiro atoms. The fraction of sp³-hybridized carbons (Fsp3) is 0.333. The summed E-state index contributed by atoms with van der Waals surface area (Å²) in [6.07, 6.45) is 0. The van der Waals surface area contributed by atoms with E-state index in [0.717, 1.165) is 5.56 Å². The lowest BCUT2D eigenvalue weighted by Crippen LogP contribution is -2.11. The number of nitrogens with one attached hydrogen (secondary N) is 1. The SMILES string of the molecule is CONCc1cc(Cl)c(F)c(OC)c1. The van der Waals surface area contributed by atoms with Gasteiger partial charge in [-0.3, -0.25) is 0 Å². The Morgan fingerprint density at radius 3 is 2.71 bits per heavy atom. The minimum atomic E-state index is -0.546. The van der Waals surface area contributed by atoms with Gasteiger partial charge in [0.25, 0.3) is 0 Å². The standard InChI is InChI=1S/C9H11ClFNO2/c1-13-8-4-6(5-12-14-2)3-7(10)9(8)11/h3-4,12H,5H2,1-2H3. The van der Waals surface area contributed by atoms with E-state index >= 15 is 0 Å². The van der Waals surface area contributed by atoms with Gasteiger partial charge in [0, 0.05) is 6.54 Å². The van der Waals surface area contributed by atoms with Gasteiger partial charge in [0.15, 0.2) is 11.6 Å². The van der Waals surface area contributed by atoms with Gasteiger partial charge in [0.05, 0.1) is 19.2 Å². The fourth-order valence-electron chi connectivity index (χ4n) is 1.02. The number of halogens is 2. The molecule has 1 rings (SSSR count). The molecular weight excluding hydrogens is 209 g/mol. The van der Waals surface area contributed by atoms with Gasteiger partial charge in [0.2, 0.25) is 0 Å². The van der Waals surface area contributed by atoms with Crippen LogP contribution in [0.5, 0.6) is 5.75 Å². The van der Waals surface area contributed by atoms with E-state index in [9.17, 15) is 4.39 Å². The number of hydrogen-bond acceptors (Lipinski definition) is 3. The van der Waals surface area contributed by atoms with Crippen LogP contribution in [0.15, 0.2) is 12.1 Å². The van der Waals surface area contributed by atoms with Crippen LogP contribution in [-0.2, 0) is 11.4 Å². The molecule has 0 atom stereocenters. The van der Waals surface area contributed by atoms with E-state index in [1.165, 1.54) is 20.3 Å². The molecule has 5 heteroatoms. The zero-order chi connectivity index (χ0) is 10.6. The Balaban J connectivity index is 2.91. The number of methoxy groups -OCH3 is 1. The van der Waals surface area contributed by atoms with Crippen LogP contribution < -0.4 is 10.2 Å². The molecule has 0 aliphatic rings. The second kappa shape index (κ2) is 5.14. The number of hydrogen-bond donors (Lipinski definition) is 1. The Morgan fingerprint density at radius 1 is 1.43 bits per heavy atom. The zero-order valence-corrected chi connectivity index (χ0v) is 8.69. The van der Waals surface area contributed by atoms with Crippen molar-refractivity contribution in [2.45, 2.75) is 6.54 Å². The van der Waals surface area contributed by atoms with E-state index in [4.69, 9.17) is 16.3 Å². The molecule has 0 saturated carbocycles. The first-order chi connectivity index (χ1) is 6.69. The Hall–Kier alpha value is -0.840. The van der Waals surface area contributed by atoms with E-state index < -0.39 is 5.82 Å². The van der Waals surface area contributed by atoms with Crippen molar-refractivity contribution >= 4 is 11.6 Å². The van der Waals surface area contributed by atoms with Crippen LogP contribution in [-0.4, -0.2) is 14.2 Å². The van der Waals surface area contributed by atoms with Crippen molar-refractivity contribution in [3.05, 3.63) is 28.5 Å². The van der Waals surface area contributed by atoms with Crippen molar-refractivity contribution in [2.24, 2.45) is 0 Å². The minimum absolute atomic E-state index is 0.0391. The van der Waals surface area contributed by atoms with Gasteiger partial charge >= 0.3 is 0 Å². The maximum Gasteiger partial charge on any atom is 0.183 e. The molecule has 3 nitrogen and oxygen atoms in total. The molecule has 1 N–H and O–H groups in total. The molecule has 0 aromatic heterocycles. The summed E-state index contributed by atoms with van der Waals surface area (Å²) in [7, 11) is 2.89. The van der Waals surface area contributed by atoms with Crippen LogP contribution in [0.4, 0.5) is 4.39 Å². The summed E-state index contributed by atoms with van der Waals surface area (Å²) in [6.45, 7) is 0.437. The summed E-state index contributed by atoms with van der Waals surface area (Å²) in [5, 5.41) is 0.0391. The van der Waals surface area contributed by atoms with Crippen molar-refractivity contribution in [1.29, 1.82) is 0 Å². The topological polar surface area (TPSA) is 30.5 Å². The molecule has 0 amide bonds. The molecule has 14 heavy (non-hydrogen) atoms. The summed E-state index contributed by atoms with van der Waals surface area (Å²) >= 11 is 5.65.